The Kier molecular flexibility index (Phi) is 5.23. The Labute approximate surface area is 73.2 Å². The fraction of sp³-hybridized carbons (Fsp3) is 1.00. The van der Waals surface area contributed by atoms with Gasteiger partial charge in [0.15, 0.2) is 0 Å². The summed E-state index contributed by atoms with van der Waals surface area (Å²) in [7, 11) is -9.97. The molecule has 5 N–H and O–H groups in total. The molecule has 0 aliphatic carbocycles. The van der Waals surface area contributed by atoms with Crippen LogP contribution in [0, 0.1) is 0 Å². The maximum atomic E-state index is 10.6. The van der Waals surface area contributed by atoms with Crippen LogP contribution >= 0.6 is 15.6 Å². The second-order valence-corrected chi connectivity index (χ2v) is 4.45. The molecule has 9 nitrogen and oxygen atoms in total. The zero-order valence-electron chi connectivity index (χ0n) is 6.27. The van der Waals surface area contributed by atoms with Crippen LogP contribution in [-0.4, -0.2) is 27.8 Å². The van der Waals surface area contributed by atoms with Gasteiger partial charge in [-0.15, -0.1) is 4.67 Å². The predicted molar refractivity (Wildman–Crippen MR) is 39.0 cm³/mol. The van der Waals surface area contributed by atoms with E-state index in [1.165, 1.54) is 0 Å². The van der Waals surface area contributed by atoms with Crippen molar-refractivity contribution in [3.05, 3.63) is 0 Å². The summed E-state index contributed by atoms with van der Waals surface area (Å²) in [6.45, 7) is -0.203. The van der Waals surface area contributed by atoms with Gasteiger partial charge >= 0.3 is 15.6 Å². The highest BCUT2D eigenvalue weighted by Crippen LogP contribution is 2.57. The van der Waals surface area contributed by atoms with Gasteiger partial charge in [0.1, 0.15) is 0 Å². The monoisotopic (exact) mass is 237 g/mol. The van der Waals surface area contributed by atoms with Crippen molar-refractivity contribution < 1.29 is 37.7 Å². The van der Waals surface area contributed by atoms with Crippen molar-refractivity contribution in [2.75, 3.05) is 13.2 Å². The minimum atomic E-state index is -5.09. The molecule has 0 fully saturated rings. The average molecular weight is 237 g/mol. The number of hydrogen-bond donors (Lipinski definition) is 4. The first-order valence-electron chi connectivity index (χ1n) is 2.88. The minimum absolute atomic E-state index is 0.00983. The molecule has 11 heteroatoms. The van der Waals surface area contributed by atoms with Crippen molar-refractivity contribution in [1.29, 1.82) is 0 Å². The second kappa shape index (κ2) is 5.16. The smallest absolute Gasteiger partial charge is 0.328 e. The lowest BCUT2D eigenvalue weighted by Crippen LogP contribution is -2.08. The van der Waals surface area contributed by atoms with Gasteiger partial charge in [0.2, 0.25) is 0 Å². The Morgan fingerprint density at radius 3 is 2.15 bits per heavy atom. The molecule has 0 heterocycles. The molecule has 0 aliphatic rings. The number of phosphoric acid groups is 2. The van der Waals surface area contributed by atoms with Gasteiger partial charge in [0.25, 0.3) is 0 Å². The largest absolute Gasteiger partial charge is 0.508 e. The summed E-state index contributed by atoms with van der Waals surface area (Å²) in [5.41, 5.74) is 4.91. The van der Waals surface area contributed by atoms with E-state index < -0.39 is 15.6 Å². The van der Waals surface area contributed by atoms with Crippen molar-refractivity contribution in [1.82, 2.24) is 0 Å². The molecular weight excluding hydrogens is 228 g/mol. The summed E-state index contributed by atoms with van der Waals surface area (Å²) < 4.78 is 27.6. The SMILES string of the molecule is NCCOOP(=O)(O)OP(=O)(O)O. The van der Waals surface area contributed by atoms with Crippen LogP contribution in [-0.2, 0) is 23.0 Å². The Hall–Kier alpha value is 0.180. The molecule has 0 spiro atoms. The van der Waals surface area contributed by atoms with E-state index in [-0.39, 0.29) is 13.2 Å². The number of hydrogen-bond acceptors (Lipinski definition) is 6. The van der Waals surface area contributed by atoms with Crippen LogP contribution in [0.15, 0.2) is 0 Å². The normalized spacial score (nSPS) is 16.9. The maximum Gasteiger partial charge on any atom is 0.508 e. The van der Waals surface area contributed by atoms with Gasteiger partial charge in [-0.05, 0) is 0 Å². The third-order valence-corrected chi connectivity index (χ3v) is 2.53. The zero-order valence-corrected chi connectivity index (χ0v) is 8.06. The summed E-state index contributed by atoms with van der Waals surface area (Å²) in [4.78, 5) is 28.7. The molecule has 0 saturated carbocycles. The molecule has 0 radical (unpaired) electrons. The van der Waals surface area contributed by atoms with Crippen molar-refractivity contribution in [3.8, 4) is 0 Å². The first-order chi connectivity index (χ1) is 5.77. The lowest BCUT2D eigenvalue weighted by Gasteiger charge is -2.10. The van der Waals surface area contributed by atoms with Crippen molar-refractivity contribution in [3.63, 3.8) is 0 Å². The van der Waals surface area contributed by atoms with Crippen molar-refractivity contribution in [2.45, 2.75) is 0 Å². The van der Waals surface area contributed by atoms with Gasteiger partial charge in [-0.1, -0.05) is 0 Å². The maximum absolute atomic E-state index is 10.6. The third kappa shape index (κ3) is 8.51. The summed E-state index contributed by atoms with van der Waals surface area (Å²) in [5, 5.41) is 0. The van der Waals surface area contributed by atoms with E-state index in [4.69, 9.17) is 20.4 Å². The van der Waals surface area contributed by atoms with E-state index in [0.717, 1.165) is 0 Å². The highest BCUT2D eigenvalue weighted by atomic mass is 31.3. The van der Waals surface area contributed by atoms with Gasteiger partial charge < -0.3 is 20.4 Å². The molecule has 1 unspecified atom stereocenters. The molecule has 80 valence electrons. The lowest BCUT2D eigenvalue weighted by atomic mass is 10.8. The molecule has 0 saturated heterocycles. The summed E-state index contributed by atoms with van der Waals surface area (Å²) in [6, 6.07) is 0. The van der Waals surface area contributed by atoms with Crippen molar-refractivity contribution in [2.24, 2.45) is 5.73 Å². The molecule has 0 aromatic heterocycles. The Morgan fingerprint density at radius 1 is 1.23 bits per heavy atom. The van der Waals surface area contributed by atoms with Crippen LogP contribution in [0.1, 0.15) is 0 Å². The average Bonchev–Trinajstić information content (AvgIpc) is 1.81. The standard InChI is InChI=1S/C2H9NO8P2/c3-1-2-9-10-13(7,8)11-12(4,5)6/h1-3H2,(H,7,8)(H2,4,5,6). The van der Waals surface area contributed by atoms with Crippen LogP contribution < -0.4 is 5.73 Å². The van der Waals surface area contributed by atoms with Crippen LogP contribution in [0.2, 0.25) is 0 Å². The first-order valence-corrected chi connectivity index (χ1v) is 5.90. The van der Waals surface area contributed by atoms with E-state index in [1.807, 2.05) is 0 Å². The second-order valence-electron chi connectivity index (χ2n) is 1.73. The summed E-state index contributed by atoms with van der Waals surface area (Å²) in [6.07, 6.45) is 0. The van der Waals surface area contributed by atoms with Gasteiger partial charge in [0.05, 0.1) is 6.61 Å². The highest BCUT2D eigenvalue weighted by molar-refractivity contribution is 7.60. The fourth-order valence-electron chi connectivity index (χ4n) is 0.300. The molecular formula is C2H9NO8P2. The molecule has 0 aromatic carbocycles. The lowest BCUT2D eigenvalue weighted by molar-refractivity contribution is -0.218. The number of nitrogens with two attached hydrogens (primary N) is 1. The molecule has 0 amide bonds. The van der Waals surface area contributed by atoms with Gasteiger partial charge in [0, 0.05) is 6.54 Å². The van der Waals surface area contributed by atoms with Crippen LogP contribution in [0.25, 0.3) is 0 Å². The molecule has 0 rings (SSSR count). The quantitative estimate of drug-likeness (QED) is 0.199. The molecule has 0 aromatic rings. The van der Waals surface area contributed by atoms with E-state index in [9.17, 15) is 9.13 Å². The Balaban J connectivity index is 3.95. The Morgan fingerprint density at radius 2 is 1.77 bits per heavy atom. The molecule has 13 heavy (non-hydrogen) atoms. The third-order valence-electron chi connectivity index (χ3n) is 0.558. The predicted octanol–water partition coefficient (Wildman–Crippen LogP) is -0.897. The first kappa shape index (κ1) is 13.2. The number of rotatable bonds is 6. The summed E-state index contributed by atoms with van der Waals surface area (Å²) in [5.74, 6) is 0. The van der Waals surface area contributed by atoms with E-state index in [2.05, 4.69) is 13.9 Å². The van der Waals surface area contributed by atoms with Crippen molar-refractivity contribution >= 4 is 15.6 Å². The minimum Gasteiger partial charge on any atom is -0.328 e. The summed E-state index contributed by atoms with van der Waals surface area (Å²) >= 11 is 0. The fourth-order valence-corrected chi connectivity index (χ4v) is 1.69. The van der Waals surface area contributed by atoms with Crippen LogP contribution in [0.5, 0.6) is 0 Å². The van der Waals surface area contributed by atoms with Gasteiger partial charge in [-0.25, -0.2) is 14.0 Å². The highest BCUT2D eigenvalue weighted by Gasteiger charge is 2.33. The zero-order chi connectivity index (χ0) is 10.5. The molecule has 1 atom stereocenters. The van der Waals surface area contributed by atoms with Crippen LogP contribution in [0.3, 0.4) is 0 Å². The molecule has 0 bridgehead atoms. The van der Waals surface area contributed by atoms with Crippen LogP contribution in [0.4, 0.5) is 0 Å². The van der Waals surface area contributed by atoms with E-state index in [0.29, 0.717) is 0 Å². The van der Waals surface area contributed by atoms with Gasteiger partial charge in [-0.3, -0.25) is 0 Å². The van der Waals surface area contributed by atoms with E-state index in [1.54, 1.807) is 0 Å². The Bertz CT molecular complexity index is 234. The van der Waals surface area contributed by atoms with Gasteiger partial charge in [-0.2, -0.15) is 4.31 Å². The molecule has 0 aliphatic heterocycles. The topological polar surface area (TPSA) is 149 Å². The van der Waals surface area contributed by atoms with E-state index >= 15 is 0 Å².